The van der Waals surface area contributed by atoms with E-state index in [4.69, 9.17) is 0 Å². The van der Waals surface area contributed by atoms with Gasteiger partial charge in [-0.1, -0.05) is 178 Å². The van der Waals surface area contributed by atoms with Gasteiger partial charge in [0.25, 0.3) is 0 Å². The lowest BCUT2D eigenvalue weighted by Gasteiger charge is -2.34. The van der Waals surface area contributed by atoms with Crippen molar-refractivity contribution in [2.45, 2.75) is 40.0 Å². The Balaban J connectivity index is 0.00000252. The molecule has 0 unspecified atom stereocenters. The third-order valence-corrected chi connectivity index (χ3v) is 13.5. The highest BCUT2D eigenvalue weighted by atomic mass is 15.0. The molecule has 2 aromatic heterocycles. The summed E-state index contributed by atoms with van der Waals surface area (Å²) in [4.78, 5) is 0. The highest BCUT2D eigenvalue weighted by Crippen LogP contribution is 2.58. The van der Waals surface area contributed by atoms with E-state index in [0.717, 1.165) is 11.4 Å². The third kappa shape index (κ3) is 6.63. The molecular formula is C64H54N2. The number of rotatable bonds is 8. The van der Waals surface area contributed by atoms with Crippen molar-refractivity contribution in [2.75, 3.05) is 0 Å². The van der Waals surface area contributed by atoms with E-state index in [-0.39, 0.29) is 0 Å². The van der Waals surface area contributed by atoms with Gasteiger partial charge in [-0.25, -0.2) is 0 Å². The fourth-order valence-electron chi connectivity index (χ4n) is 10.7. The normalized spacial score (nSPS) is 14.3. The molecular weight excluding hydrogens is 797 g/mol. The summed E-state index contributed by atoms with van der Waals surface area (Å²) >= 11 is 0. The molecule has 0 radical (unpaired) electrons. The number of aryl methyl sites for hydroxylation is 1. The van der Waals surface area contributed by atoms with Gasteiger partial charge < -0.3 is 9.13 Å². The molecule has 0 fully saturated rings. The Morgan fingerprint density at radius 1 is 0.485 bits per heavy atom. The van der Waals surface area contributed by atoms with Gasteiger partial charge in [0.05, 0.1) is 22.0 Å². The first-order valence-corrected chi connectivity index (χ1v) is 23.3. The average Bonchev–Trinajstić information content (AvgIpc) is 3.96. The molecule has 0 saturated heterocycles. The Hall–Kier alpha value is -7.94. The first-order valence-electron chi connectivity index (χ1n) is 23.3. The zero-order valence-corrected chi connectivity index (χ0v) is 38.5. The summed E-state index contributed by atoms with van der Waals surface area (Å²) < 4.78 is 4.89. The average molecular weight is 851 g/mol. The lowest BCUT2D eigenvalue weighted by atomic mass is 9.67. The van der Waals surface area contributed by atoms with Crippen LogP contribution in [-0.4, -0.2) is 9.13 Å². The molecule has 2 nitrogen and oxygen atoms in total. The summed E-state index contributed by atoms with van der Waals surface area (Å²) in [6.07, 6.45) is 10.9. The summed E-state index contributed by atoms with van der Waals surface area (Å²) in [7, 11) is 0. The van der Waals surface area contributed by atoms with Gasteiger partial charge in [0.1, 0.15) is 0 Å². The van der Waals surface area contributed by atoms with E-state index in [1.54, 1.807) is 0 Å². The Morgan fingerprint density at radius 3 is 1.44 bits per heavy atom. The Labute approximate surface area is 389 Å². The van der Waals surface area contributed by atoms with E-state index in [9.17, 15) is 0 Å². The molecule has 0 N–H and O–H groups in total. The maximum atomic E-state index is 4.23. The van der Waals surface area contributed by atoms with E-state index in [1.165, 1.54) is 99.6 Å². The van der Waals surface area contributed by atoms with Crippen molar-refractivity contribution in [3.8, 4) is 33.6 Å². The number of fused-ring (bicyclic) bond motifs is 5. The van der Waals surface area contributed by atoms with Gasteiger partial charge in [0, 0.05) is 33.2 Å². The number of hydrogen-bond donors (Lipinski definition) is 0. The summed E-state index contributed by atoms with van der Waals surface area (Å²) in [5, 5.41) is 3.72. The second-order valence-corrected chi connectivity index (χ2v) is 16.8. The molecule has 1 aliphatic rings. The highest BCUT2D eigenvalue weighted by Gasteiger charge is 2.48. The van der Waals surface area contributed by atoms with Crippen molar-refractivity contribution in [1.29, 1.82) is 0 Å². The molecule has 0 atom stereocenters. The molecule has 11 rings (SSSR count). The van der Waals surface area contributed by atoms with E-state index in [0.29, 0.717) is 0 Å². The van der Waals surface area contributed by atoms with Crippen molar-refractivity contribution in [3.05, 3.63) is 264 Å². The van der Waals surface area contributed by atoms with Gasteiger partial charge >= 0.3 is 0 Å². The van der Waals surface area contributed by atoms with Crippen molar-refractivity contribution in [2.24, 2.45) is 0 Å². The van der Waals surface area contributed by atoms with Gasteiger partial charge in [0.2, 0.25) is 0 Å². The van der Waals surface area contributed by atoms with Crippen LogP contribution in [0.15, 0.2) is 231 Å². The van der Waals surface area contributed by atoms with Gasteiger partial charge in [-0.3, -0.25) is 0 Å². The topological polar surface area (TPSA) is 9.86 Å². The summed E-state index contributed by atoms with van der Waals surface area (Å²) in [6.45, 7) is 14.8. The summed E-state index contributed by atoms with van der Waals surface area (Å²) in [5.41, 5.74) is 20.0. The lowest BCUT2D eigenvalue weighted by Crippen LogP contribution is -2.28. The van der Waals surface area contributed by atoms with E-state index in [2.05, 4.69) is 255 Å². The molecule has 320 valence electrons. The molecule has 10 aromatic rings. The predicted molar refractivity (Wildman–Crippen MR) is 284 cm³/mol. The maximum absolute atomic E-state index is 4.23. The second kappa shape index (κ2) is 17.6. The van der Waals surface area contributed by atoms with Crippen LogP contribution in [0.2, 0.25) is 0 Å². The fourth-order valence-corrected chi connectivity index (χ4v) is 10.7. The predicted octanol–water partition coefficient (Wildman–Crippen LogP) is 17.3. The van der Waals surface area contributed by atoms with Gasteiger partial charge in [-0.2, -0.15) is 0 Å². The molecule has 2 heterocycles. The quantitative estimate of drug-likeness (QED) is 0.144. The van der Waals surface area contributed by atoms with Crippen molar-refractivity contribution < 1.29 is 0 Å². The van der Waals surface area contributed by atoms with Crippen LogP contribution in [0.5, 0.6) is 0 Å². The van der Waals surface area contributed by atoms with Crippen LogP contribution in [0, 0.1) is 6.92 Å². The smallest absolute Gasteiger partial charge is 0.0714 e. The maximum Gasteiger partial charge on any atom is 0.0714 e. The molecule has 0 saturated carbocycles. The molecule has 8 aromatic carbocycles. The number of allylic oxidation sites excluding steroid dienone is 6. The van der Waals surface area contributed by atoms with Crippen LogP contribution in [0.1, 0.15) is 61.2 Å². The van der Waals surface area contributed by atoms with Crippen molar-refractivity contribution >= 4 is 44.4 Å². The van der Waals surface area contributed by atoms with Gasteiger partial charge in [-0.05, 0) is 149 Å². The number of nitrogens with zero attached hydrogens (tertiary/aromatic N) is 2. The van der Waals surface area contributed by atoms with Crippen molar-refractivity contribution in [1.82, 2.24) is 9.13 Å². The Bertz CT molecular complexity index is 3350. The van der Waals surface area contributed by atoms with Gasteiger partial charge in [-0.15, -0.1) is 0 Å². The zero-order chi connectivity index (χ0) is 45.4. The van der Waals surface area contributed by atoms with E-state index >= 15 is 0 Å². The van der Waals surface area contributed by atoms with Crippen LogP contribution < -0.4 is 0 Å². The lowest BCUT2D eigenvalue weighted by molar-refractivity contribution is 0.770. The molecule has 1 aliphatic carbocycles. The molecule has 66 heavy (non-hydrogen) atoms. The Morgan fingerprint density at radius 2 is 0.970 bits per heavy atom. The summed E-state index contributed by atoms with van der Waals surface area (Å²) in [5.74, 6) is 0. The minimum absolute atomic E-state index is 0.549. The van der Waals surface area contributed by atoms with E-state index in [1.807, 2.05) is 19.9 Å². The molecule has 2 heteroatoms. The first-order chi connectivity index (χ1) is 32.5. The molecule has 0 aliphatic heterocycles. The first kappa shape index (κ1) is 42.0. The molecule has 0 bridgehead atoms. The minimum Gasteiger partial charge on any atom is -0.310 e. The Kier molecular flexibility index (Phi) is 11.2. The standard InChI is InChI=1S/C62H48N2.C2H6/c1-5-20-56-51(7-3)53-40-52-42(4)58(21-6-2)63(61(52)41-57(53)62(56,47-26-16-10-17-27-47)48-28-18-11-19-29-48)49-32-34-50(35-33-49)64-59-36-30-45(43-22-12-8-13-23-43)38-54(59)55-39-46(31-37-60(55)64)44-24-14-9-15-25-44;1-2/h5-41H,1H2,2-4H3;1-2H3/b21-6-,51-7-,56-20+;. The second-order valence-electron chi connectivity index (χ2n) is 16.8. The third-order valence-electron chi connectivity index (χ3n) is 13.5. The van der Waals surface area contributed by atoms with Crippen LogP contribution in [0.25, 0.3) is 78.0 Å². The molecule has 0 amide bonds. The number of aromatic nitrogens is 2. The van der Waals surface area contributed by atoms with Crippen LogP contribution >= 0.6 is 0 Å². The zero-order valence-electron chi connectivity index (χ0n) is 38.5. The number of benzene rings is 8. The largest absolute Gasteiger partial charge is 0.310 e. The summed E-state index contributed by atoms with van der Waals surface area (Å²) in [6, 6.07) is 71.3. The van der Waals surface area contributed by atoms with Crippen LogP contribution in [-0.2, 0) is 5.41 Å². The van der Waals surface area contributed by atoms with Crippen LogP contribution in [0.3, 0.4) is 0 Å². The van der Waals surface area contributed by atoms with E-state index < -0.39 is 5.41 Å². The fraction of sp³-hybridized carbons (Fsp3) is 0.0938. The SMILES string of the molecule is C=C/C=C1\C(=C/C)c2cc3c(C)c(/C=C\C)n(-c4ccc(-n5c6ccc(-c7ccccc7)cc6c6cc(-c7ccccc7)ccc65)cc4)c3cc2C1(c1ccccc1)c1ccccc1.CC. The van der Waals surface area contributed by atoms with Crippen LogP contribution in [0.4, 0.5) is 0 Å². The highest BCUT2D eigenvalue weighted by molar-refractivity contribution is 6.12. The van der Waals surface area contributed by atoms with Gasteiger partial charge in [0.15, 0.2) is 0 Å². The minimum atomic E-state index is -0.549. The molecule has 0 spiro atoms. The monoisotopic (exact) mass is 850 g/mol. The number of hydrogen-bond acceptors (Lipinski definition) is 0. The van der Waals surface area contributed by atoms with Crippen molar-refractivity contribution in [3.63, 3.8) is 0 Å².